The minimum Gasteiger partial charge on any atom is -0.480 e. The zero-order chi connectivity index (χ0) is 12.1. The Morgan fingerprint density at radius 3 is 2.75 bits per heavy atom. The molecule has 0 fully saturated rings. The zero-order valence-corrected chi connectivity index (χ0v) is 9.90. The third kappa shape index (κ3) is 3.31. The lowest BCUT2D eigenvalue weighted by Gasteiger charge is -2.18. The van der Waals surface area contributed by atoms with Crippen LogP contribution >= 0.6 is 0 Å². The molecular weight excluding hydrogens is 204 g/mol. The minimum absolute atomic E-state index is 0.0643. The summed E-state index contributed by atoms with van der Waals surface area (Å²) < 4.78 is 0. The first kappa shape index (κ1) is 12.6. The summed E-state index contributed by atoms with van der Waals surface area (Å²) in [5, 5.41) is 12.0. The molecule has 1 heterocycles. The smallest absolute Gasteiger partial charge is 0.320 e. The summed E-state index contributed by atoms with van der Waals surface area (Å²) in [6.45, 7) is 6.31. The number of carbonyl (C=O) groups is 1. The Hall–Kier alpha value is -1.42. The lowest BCUT2D eigenvalue weighted by molar-refractivity contribution is -0.140. The van der Waals surface area contributed by atoms with E-state index in [9.17, 15) is 4.79 Å². The van der Waals surface area contributed by atoms with Crippen LogP contribution in [0.2, 0.25) is 0 Å². The highest BCUT2D eigenvalue weighted by atomic mass is 16.4. The second kappa shape index (κ2) is 5.61. The molecule has 16 heavy (non-hydrogen) atoms. The maximum atomic E-state index is 11.0. The molecule has 0 amide bonds. The summed E-state index contributed by atoms with van der Waals surface area (Å²) in [5.41, 5.74) is 2.16. The van der Waals surface area contributed by atoms with E-state index in [1.807, 2.05) is 26.8 Å². The van der Waals surface area contributed by atoms with Gasteiger partial charge in [0.1, 0.15) is 6.04 Å². The Balaban J connectivity index is 2.63. The van der Waals surface area contributed by atoms with Gasteiger partial charge in [0.15, 0.2) is 0 Å². The molecular formula is C12H18N2O2. The van der Waals surface area contributed by atoms with Crippen molar-refractivity contribution in [2.24, 2.45) is 5.92 Å². The van der Waals surface area contributed by atoms with E-state index in [2.05, 4.69) is 10.3 Å². The Bertz CT molecular complexity index is 364. The topological polar surface area (TPSA) is 62.2 Å². The van der Waals surface area contributed by atoms with E-state index in [1.165, 1.54) is 0 Å². The van der Waals surface area contributed by atoms with Crippen LogP contribution in [-0.2, 0) is 11.3 Å². The molecule has 0 saturated heterocycles. The first-order chi connectivity index (χ1) is 7.52. The van der Waals surface area contributed by atoms with E-state index < -0.39 is 12.0 Å². The van der Waals surface area contributed by atoms with Crippen molar-refractivity contribution >= 4 is 5.97 Å². The van der Waals surface area contributed by atoms with Gasteiger partial charge in [-0.1, -0.05) is 13.8 Å². The highest BCUT2D eigenvalue weighted by Crippen LogP contribution is 2.07. The molecule has 4 nitrogen and oxygen atoms in total. The fourth-order valence-corrected chi connectivity index (χ4v) is 1.51. The molecule has 1 unspecified atom stereocenters. The van der Waals surface area contributed by atoms with Crippen molar-refractivity contribution in [3.8, 4) is 0 Å². The van der Waals surface area contributed by atoms with Gasteiger partial charge in [-0.15, -0.1) is 0 Å². The van der Waals surface area contributed by atoms with Crippen LogP contribution in [0.5, 0.6) is 0 Å². The normalized spacial score (nSPS) is 12.8. The number of pyridine rings is 1. The molecule has 1 aromatic heterocycles. The molecule has 0 aliphatic rings. The van der Waals surface area contributed by atoms with Gasteiger partial charge in [-0.3, -0.25) is 9.78 Å². The Kier molecular flexibility index (Phi) is 4.43. The lowest BCUT2D eigenvalue weighted by atomic mass is 10.0. The van der Waals surface area contributed by atoms with E-state index in [0.717, 1.165) is 11.1 Å². The Morgan fingerprint density at radius 2 is 2.25 bits per heavy atom. The van der Waals surface area contributed by atoms with E-state index in [-0.39, 0.29) is 5.92 Å². The standard InChI is InChI=1S/C12H18N2O2/c1-8(2)11(12(15)16)14-7-10-6-13-5-4-9(10)3/h4-6,8,11,14H,7H2,1-3H3,(H,15,16). The average Bonchev–Trinajstić information content (AvgIpc) is 2.20. The lowest BCUT2D eigenvalue weighted by Crippen LogP contribution is -2.40. The van der Waals surface area contributed by atoms with Gasteiger partial charge in [0.05, 0.1) is 0 Å². The van der Waals surface area contributed by atoms with Crippen molar-refractivity contribution in [3.63, 3.8) is 0 Å². The highest BCUT2D eigenvalue weighted by Gasteiger charge is 2.20. The second-order valence-corrected chi connectivity index (χ2v) is 4.24. The van der Waals surface area contributed by atoms with Crippen molar-refractivity contribution in [2.45, 2.75) is 33.4 Å². The van der Waals surface area contributed by atoms with Crippen LogP contribution in [-0.4, -0.2) is 22.1 Å². The van der Waals surface area contributed by atoms with Gasteiger partial charge < -0.3 is 10.4 Å². The Labute approximate surface area is 95.7 Å². The fourth-order valence-electron chi connectivity index (χ4n) is 1.51. The maximum absolute atomic E-state index is 11.0. The van der Waals surface area contributed by atoms with Crippen molar-refractivity contribution in [1.82, 2.24) is 10.3 Å². The van der Waals surface area contributed by atoms with Crippen molar-refractivity contribution in [3.05, 3.63) is 29.6 Å². The summed E-state index contributed by atoms with van der Waals surface area (Å²) >= 11 is 0. The van der Waals surface area contributed by atoms with Crippen molar-refractivity contribution in [2.75, 3.05) is 0 Å². The summed E-state index contributed by atoms with van der Waals surface area (Å²) in [6.07, 6.45) is 3.50. The van der Waals surface area contributed by atoms with Crippen LogP contribution in [0.25, 0.3) is 0 Å². The highest BCUT2D eigenvalue weighted by molar-refractivity contribution is 5.73. The number of nitrogens with zero attached hydrogens (tertiary/aromatic N) is 1. The summed E-state index contributed by atoms with van der Waals surface area (Å²) in [7, 11) is 0. The van der Waals surface area contributed by atoms with Gasteiger partial charge in [-0.2, -0.15) is 0 Å². The Morgan fingerprint density at radius 1 is 1.56 bits per heavy atom. The third-order valence-electron chi connectivity index (χ3n) is 2.59. The van der Waals surface area contributed by atoms with Crippen LogP contribution in [0.3, 0.4) is 0 Å². The minimum atomic E-state index is -0.809. The van der Waals surface area contributed by atoms with Crippen molar-refractivity contribution in [1.29, 1.82) is 0 Å². The predicted octanol–water partition coefficient (Wildman–Crippen LogP) is 1.59. The number of aromatic nitrogens is 1. The van der Waals surface area contributed by atoms with E-state index in [4.69, 9.17) is 5.11 Å². The van der Waals surface area contributed by atoms with E-state index >= 15 is 0 Å². The number of carboxylic acid groups (broad SMARTS) is 1. The SMILES string of the molecule is Cc1ccncc1CNC(C(=O)O)C(C)C. The molecule has 0 saturated carbocycles. The molecule has 2 N–H and O–H groups in total. The second-order valence-electron chi connectivity index (χ2n) is 4.24. The van der Waals surface area contributed by atoms with Crippen LogP contribution in [0.4, 0.5) is 0 Å². The number of aliphatic carboxylic acids is 1. The molecule has 0 spiro atoms. The number of hydrogen-bond donors (Lipinski definition) is 2. The van der Waals surface area contributed by atoms with Gasteiger partial charge in [0.25, 0.3) is 0 Å². The first-order valence-electron chi connectivity index (χ1n) is 5.38. The molecule has 4 heteroatoms. The zero-order valence-electron chi connectivity index (χ0n) is 9.90. The molecule has 0 aliphatic heterocycles. The summed E-state index contributed by atoms with van der Waals surface area (Å²) in [6, 6.07) is 1.40. The molecule has 1 rings (SSSR count). The van der Waals surface area contributed by atoms with Gasteiger partial charge in [-0.25, -0.2) is 0 Å². The number of nitrogens with one attached hydrogen (secondary N) is 1. The van der Waals surface area contributed by atoms with Crippen LogP contribution in [0.15, 0.2) is 18.5 Å². The number of carboxylic acids is 1. The molecule has 0 aliphatic carbocycles. The maximum Gasteiger partial charge on any atom is 0.320 e. The average molecular weight is 222 g/mol. The number of rotatable bonds is 5. The molecule has 1 aromatic rings. The van der Waals surface area contributed by atoms with Gasteiger partial charge >= 0.3 is 5.97 Å². The van der Waals surface area contributed by atoms with Gasteiger partial charge in [-0.05, 0) is 30.0 Å². The predicted molar refractivity (Wildman–Crippen MR) is 62.1 cm³/mol. The first-order valence-corrected chi connectivity index (χ1v) is 5.38. The monoisotopic (exact) mass is 222 g/mol. The molecule has 88 valence electrons. The number of hydrogen-bond acceptors (Lipinski definition) is 3. The van der Waals surface area contributed by atoms with Gasteiger partial charge in [0, 0.05) is 18.9 Å². The molecule has 0 bridgehead atoms. The van der Waals surface area contributed by atoms with E-state index in [0.29, 0.717) is 6.54 Å². The largest absolute Gasteiger partial charge is 0.480 e. The summed E-state index contributed by atoms with van der Waals surface area (Å²) in [5.74, 6) is -0.744. The van der Waals surface area contributed by atoms with Crippen LogP contribution in [0, 0.1) is 12.8 Å². The summed E-state index contributed by atoms with van der Waals surface area (Å²) in [4.78, 5) is 15.0. The number of aryl methyl sites for hydroxylation is 1. The van der Waals surface area contributed by atoms with Crippen LogP contribution < -0.4 is 5.32 Å². The van der Waals surface area contributed by atoms with Crippen molar-refractivity contribution < 1.29 is 9.90 Å². The third-order valence-corrected chi connectivity index (χ3v) is 2.59. The quantitative estimate of drug-likeness (QED) is 0.794. The van der Waals surface area contributed by atoms with Crippen LogP contribution in [0.1, 0.15) is 25.0 Å². The van der Waals surface area contributed by atoms with E-state index in [1.54, 1.807) is 12.4 Å². The molecule has 0 aromatic carbocycles. The molecule has 1 atom stereocenters. The van der Waals surface area contributed by atoms with Gasteiger partial charge in [0.2, 0.25) is 0 Å². The fraction of sp³-hybridized carbons (Fsp3) is 0.500. The molecule has 0 radical (unpaired) electrons.